The van der Waals surface area contributed by atoms with Crippen LogP contribution in [0.5, 0.6) is 0 Å². The summed E-state index contributed by atoms with van der Waals surface area (Å²) in [5.74, 6) is 0.00375. The molecule has 0 bridgehead atoms. The van der Waals surface area contributed by atoms with Crippen molar-refractivity contribution in [3.05, 3.63) is 47.8 Å². The van der Waals surface area contributed by atoms with Crippen molar-refractivity contribution in [2.24, 2.45) is 5.92 Å². The van der Waals surface area contributed by atoms with Crippen molar-refractivity contribution in [2.75, 3.05) is 6.54 Å². The second-order valence-corrected chi connectivity index (χ2v) is 6.38. The van der Waals surface area contributed by atoms with E-state index in [0.29, 0.717) is 13.1 Å². The van der Waals surface area contributed by atoms with Crippen LogP contribution in [0.4, 0.5) is 4.79 Å². The van der Waals surface area contributed by atoms with Crippen LogP contribution in [0, 0.1) is 12.8 Å². The summed E-state index contributed by atoms with van der Waals surface area (Å²) in [6.45, 7) is 4.90. The van der Waals surface area contributed by atoms with E-state index < -0.39 is 6.04 Å². The molecule has 2 aromatic rings. The molecule has 3 rings (SSSR count). The molecule has 0 spiro atoms. The minimum atomic E-state index is -0.484. The van der Waals surface area contributed by atoms with Crippen LogP contribution in [0.1, 0.15) is 24.6 Å². The molecular weight excluding hydrogens is 318 g/mol. The van der Waals surface area contributed by atoms with Crippen LogP contribution in [0.15, 0.2) is 36.5 Å². The fraction of sp³-hybridized carbons (Fsp3) is 0.389. The van der Waals surface area contributed by atoms with Gasteiger partial charge in [0.15, 0.2) is 0 Å². The molecule has 7 heteroatoms. The second-order valence-electron chi connectivity index (χ2n) is 6.38. The maximum atomic E-state index is 12.1. The number of carbonyl (C=O) groups excluding carboxylic acids is 2. The number of carbonyl (C=O) groups is 2. The van der Waals surface area contributed by atoms with E-state index in [2.05, 4.69) is 21.0 Å². The first-order chi connectivity index (χ1) is 12.0. The number of urea groups is 1. The van der Waals surface area contributed by atoms with E-state index in [1.165, 1.54) is 0 Å². The zero-order valence-electron chi connectivity index (χ0n) is 14.5. The quantitative estimate of drug-likeness (QED) is 0.787. The summed E-state index contributed by atoms with van der Waals surface area (Å²) < 4.78 is 1.79. The molecule has 7 nitrogen and oxygen atoms in total. The van der Waals surface area contributed by atoms with Crippen LogP contribution >= 0.6 is 0 Å². The van der Waals surface area contributed by atoms with E-state index in [1.807, 2.05) is 50.4 Å². The molecular formula is C18H23N5O2. The molecule has 1 saturated heterocycles. The topological polar surface area (TPSA) is 88.1 Å². The number of aromatic nitrogens is 2. The summed E-state index contributed by atoms with van der Waals surface area (Å²) in [7, 11) is 0. The van der Waals surface area contributed by atoms with Gasteiger partial charge in [0.1, 0.15) is 6.04 Å². The minimum absolute atomic E-state index is 0.123. The van der Waals surface area contributed by atoms with Crippen LogP contribution in [0.25, 0.3) is 5.69 Å². The van der Waals surface area contributed by atoms with Gasteiger partial charge in [-0.1, -0.05) is 25.1 Å². The molecule has 1 fully saturated rings. The van der Waals surface area contributed by atoms with Gasteiger partial charge in [0.2, 0.25) is 5.91 Å². The van der Waals surface area contributed by atoms with Gasteiger partial charge >= 0.3 is 6.03 Å². The second kappa shape index (κ2) is 7.38. The number of nitrogens with zero attached hydrogens (tertiary/aromatic N) is 2. The van der Waals surface area contributed by atoms with Gasteiger partial charge in [-0.3, -0.25) is 4.79 Å². The maximum absolute atomic E-state index is 12.1. The predicted molar refractivity (Wildman–Crippen MR) is 94.3 cm³/mol. The van der Waals surface area contributed by atoms with Gasteiger partial charge in [-0.15, -0.1) is 0 Å². The average molecular weight is 341 g/mol. The van der Waals surface area contributed by atoms with Crippen molar-refractivity contribution < 1.29 is 9.59 Å². The highest BCUT2D eigenvalue weighted by Crippen LogP contribution is 2.13. The van der Waals surface area contributed by atoms with Gasteiger partial charge < -0.3 is 16.0 Å². The predicted octanol–water partition coefficient (Wildman–Crippen LogP) is 1.50. The molecule has 1 aliphatic rings. The van der Waals surface area contributed by atoms with E-state index >= 15 is 0 Å². The molecule has 0 saturated carbocycles. The summed E-state index contributed by atoms with van der Waals surface area (Å²) in [4.78, 5) is 24.0. The smallest absolute Gasteiger partial charge is 0.315 e. The zero-order valence-corrected chi connectivity index (χ0v) is 14.5. The molecule has 0 unspecified atom stereocenters. The number of hydrogen-bond acceptors (Lipinski definition) is 3. The first kappa shape index (κ1) is 17.0. The van der Waals surface area contributed by atoms with Crippen LogP contribution in [-0.2, 0) is 11.3 Å². The molecule has 132 valence electrons. The Morgan fingerprint density at radius 2 is 2.12 bits per heavy atom. The van der Waals surface area contributed by atoms with E-state index in [4.69, 9.17) is 0 Å². The van der Waals surface area contributed by atoms with Gasteiger partial charge in [0, 0.05) is 24.8 Å². The monoisotopic (exact) mass is 341 g/mol. The van der Waals surface area contributed by atoms with Crippen molar-refractivity contribution in [1.29, 1.82) is 0 Å². The Bertz CT molecular complexity index is 756. The molecule has 3 N–H and O–H groups in total. The number of para-hydroxylation sites is 1. The number of aryl methyl sites for hydroxylation is 1. The average Bonchev–Trinajstić information content (AvgIpc) is 2.98. The van der Waals surface area contributed by atoms with Crippen molar-refractivity contribution in [3.8, 4) is 5.69 Å². The Balaban J connectivity index is 1.59. The van der Waals surface area contributed by atoms with E-state index in [9.17, 15) is 9.59 Å². The standard InChI is InChI=1S/C18H23N5O2/c1-12-8-9-19-17(24)16(12)21-18(25)20-10-14-11-23(22-13(14)2)15-6-4-3-5-7-15/h3-7,11-12,16H,8-10H2,1-2H3,(H,19,24)(H2,20,21,25)/t12-,16+/m1/s1. The summed E-state index contributed by atoms with van der Waals surface area (Å²) in [6.07, 6.45) is 2.76. The van der Waals surface area contributed by atoms with Crippen LogP contribution in [0.3, 0.4) is 0 Å². The lowest BCUT2D eigenvalue weighted by molar-refractivity contribution is -0.125. The Hall–Kier alpha value is -2.83. The highest BCUT2D eigenvalue weighted by Gasteiger charge is 2.29. The number of piperidine rings is 1. The highest BCUT2D eigenvalue weighted by atomic mass is 16.2. The molecule has 1 aromatic carbocycles. The summed E-state index contributed by atoms with van der Waals surface area (Å²) in [5, 5.41) is 12.8. The molecule has 0 aliphatic carbocycles. The fourth-order valence-corrected chi connectivity index (χ4v) is 2.92. The molecule has 2 atom stereocenters. The van der Waals surface area contributed by atoms with Crippen LogP contribution in [-0.4, -0.2) is 34.3 Å². The molecule has 2 heterocycles. The first-order valence-electron chi connectivity index (χ1n) is 8.47. The molecule has 25 heavy (non-hydrogen) atoms. The van der Waals surface area contributed by atoms with Gasteiger partial charge in [0.25, 0.3) is 0 Å². The Morgan fingerprint density at radius 1 is 1.36 bits per heavy atom. The number of hydrogen-bond donors (Lipinski definition) is 3. The zero-order chi connectivity index (χ0) is 17.8. The Morgan fingerprint density at radius 3 is 2.84 bits per heavy atom. The van der Waals surface area contributed by atoms with Crippen molar-refractivity contribution >= 4 is 11.9 Å². The van der Waals surface area contributed by atoms with Crippen molar-refractivity contribution in [1.82, 2.24) is 25.7 Å². The SMILES string of the molecule is Cc1nn(-c2ccccc2)cc1CNC(=O)N[C@@H]1C(=O)NCC[C@H]1C. The van der Waals surface area contributed by atoms with E-state index in [0.717, 1.165) is 23.4 Å². The molecule has 1 aliphatic heterocycles. The summed E-state index contributed by atoms with van der Waals surface area (Å²) >= 11 is 0. The Kier molecular flexibility index (Phi) is 5.02. The number of amides is 3. The number of nitrogens with one attached hydrogen (secondary N) is 3. The first-order valence-corrected chi connectivity index (χ1v) is 8.47. The largest absolute Gasteiger partial charge is 0.354 e. The number of benzene rings is 1. The lowest BCUT2D eigenvalue weighted by atomic mass is 9.94. The third-order valence-electron chi connectivity index (χ3n) is 4.50. The molecule has 1 aromatic heterocycles. The van der Waals surface area contributed by atoms with Crippen LogP contribution in [0.2, 0.25) is 0 Å². The van der Waals surface area contributed by atoms with Crippen molar-refractivity contribution in [3.63, 3.8) is 0 Å². The number of rotatable bonds is 4. The third kappa shape index (κ3) is 3.99. The van der Waals surface area contributed by atoms with Crippen LogP contribution < -0.4 is 16.0 Å². The molecule has 0 radical (unpaired) electrons. The van der Waals surface area contributed by atoms with Gasteiger partial charge in [-0.05, 0) is 31.4 Å². The summed E-state index contributed by atoms with van der Waals surface area (Å²) in [5.41, 5.74) is 2.75. The lowest BCUT2D eigenvalue weighted by Crippen LogP contribution is -2.56. The highest BCUT2D eigenvalue weighted by molar-refractivity contribution is 5.87. The molecule has 3 amide bonds. The maximum Gasteiger partial charge on any atom is 0.315 e. The minimum Gasteiger partial charge on any atom is -0.354 e. The van der Waals surface area contributed by atoms with Gasteiger partial charge in [-0.25, -0.2) is 9.48 Å². The van der Waals surface area contributed by atoms with Crippen molar-refractivity contribution in [2.45, 2.75) is 32.9 Å². The summed E-state index contributed by atoms with van der Waals surface area (Å²) in [6, 6.07) is 8.97. The van der Waals surface area contributed by atoms with Gasteiger partial charge in [0.05, 0.1) is 11.4 Å². The fourth-order valence-electron chi connectivity index (χ4n) is 2.92. The lowest BCUT2D eigenvalue weighted by Gasteiger charge is -2.28. The normalized spacial score (nSPS) is 20.0. The third-order valence-corrected chi connectivity index (χ3v) is 4.50. The van der Waals surface area contributed by atoms with E-state index in [-0.39, 0.29) is 17.9 Å². The Labute approximate surface area is 146 Å². The van der Waals surface area contributed by atoms with Gasteiger partial charge in [-0.2, -0.15) is 5.10 Å². The van der Waals surface area contributed by atoms with E-state index in [1.54, 1.807) is 4.68 Å².